The third-order valence-electron chi connectivity index (χ3n) is 3.66. The van der Waals surface area contributed by atoms with Gasteiger partial charge in [0, 0.05) is 5.69 Å². The van der Waals surface area contributed by atoms with Crippen molar-refractivity contribution in [3.05, 3.63) is 65.7 Å². The summed E-state index contributed by atoms with van der Waals surface area (Å²) in [5.74, 6) is -1.48. The summed E-state index contributed by atoms with van der Waals surface area (Å²) in [4.78, 5) is 35.3. The number of rotatable bonds is 7. The van der Waals surface area contributed by atoms with E-state index in [2.05, 4.69) is 10.6 Å². The topological polar surface area (TPSA) is 108 Å². The number of benzene rings is 2. The molecule has 7 nitrogen and oxygen atoms in total. The number of nitrogens with one attached hydrogen (secondary N) is 2. The molecule has 1 atom stereocenters. The Morgan fingerprint density at radius 1 is 1.04 bits per heavy atom. The monoisotopic (exact) mass is 365 g/mol. The predicted molar refractivity (Wildman–Crippen MR) is 98.6 cm³/mol. The number of carbonyl (C=O) groups is 3. The van der Waals surface area contributed by atoms with Crippen LogP contribution in [0.25, 0.3) is 0 Å². The maximum absolute atomic E-state index is 12.0. The largest absolute Gasteiger partial charge is 0.452 e. The molecular formula is C20H19N3O4. The van der Waals surface area contributed by atoms with Gasteiger partial charge >= 0.3 is 5.97 Å². The number of nitrogens with zero attached hydrogens (tertiary/aromatic N) is 1. The van der Waals surface area contributed by atoms with E-state index in [9.17, 15) is 14.4 Å². The second-order valence-electron chi connectivity index (χ2n) is 5.74. The van der Waals surface area contributed by atoms with Gasteiger partial charge in [0.1, 0.15) is 6.42 Å². The molecule has 2 rings (SSSR count). The Morgan fingerprint density at radius 2 is 1.70 bits per heavy atom. The van der Waals surface area contributed by atoms with E-state index in [4.69, 9.17) is 10.00 Å². The van der Waals surface area contributed by atoms with Crippen molar-refractivity contribution in [1.29, 1.82) is 5.26 Å². The quantitative estimate of drug-likeness (QED) is 0.733. The first-order valence-corrected chi connectivity index (χ1v) is 8.28. The molecule has 0 aliphatic heterocycles. The summed E-state index contributed by atoms with van der Waals surface area (Å²) < 4.78 is 5.00. The summed E-state index contributed by atoms with van der Waals surface area (Å²) >= 11 is 0. The van der Waals surface area contributed by atoms with E-state index in [-0.39, 0.29) is 18.0 Å². The van der Waals surface area contributed by atoms with Crippen LogP contribution in [0.2, 0.25) is 0 Å². The van der Waals surface area contributed by atoms with Crippen molar-refractivity contribution in [2.24, 2.45) is 0 Å². The Bertz CT molecular complexity index is 842. The number of ether oxygens (including phenoxy) is 1. The van der Waals surface area contributed by atoms with Crippen LogP contribution in [0, 0.1) is 11.3 Å². The third kappa shape index (κ3) is 6.29. The summed E-state index contributed by atoms with van der Waals surface area (Å²) in [5, 5.41) is 13.7. The van der Waals surface area contributed by atoms with Gasteiger partial charge in [-0.15, -0.1) is 0 Å². The number of hydrogen-bond donors (Lipinski definition) is 2. The second kappa shape index (κ2) is 9.73. The average molecular weight is 365 g/mol. The van der Waals surface area contributed by atoms with Crippen LogP contribution < -0.4 is 10.6 Å². The smallest absolute Gasteiger partial charge is 0.338 e. The first kappa shape index (κ1) is 19.7. The zero-order chi connectivity index (χ0) is 19.6. The lowest BCUT2D eigenvalue weighted by atomic mass is 10.1. The minimum Gasteiger partial charge on any atom is -0.452 e. The molecular weight excluding hydrogens is 346 g/mol. The predicted octanol–water partition coefficient (Wildman–Crippen LogP) is 2.57. The lowest BCUT2D eigenvalue weighted by molar-refractivity contribution is -0.124. The number of esters is 1. The number of nitriles is 1. The van der Waals surface area contributed by atoms with Crippen molar-refractivity contribution in [2.75, 3.05) is 11.9 Å². The van der Waals surface area contributed by atoms with Gasteiger partial charge in [0.05, 0.1) is 17.7 Å². The van der Waals surface area contributed by atoms with E-state index in [1.807, 2.05) is 37.3 Å². The molecule has 7 heteroatoms. The number of carbonyl (C=O) groups excluding carboxylic acids is 3. The van der Waals surface area contributed by atoms with E-state index in [1.54, 1.807) is 6.07 Å². The summed E-state index contributed by atoms with van der Waals surface area (Å²) in [5.41, 5.74) is 1.66. The SMILES string of the molecule is C[C@@H](NC(=O)COC(=O)c1ccc(NC(=O)CC#N)cc1)c1ccccc1. The van der Waals surface area contributed by atoms with Gasteiger partial charge < -0.3 is 15.4 Å². The lowest BCUT2D eigenvalue weighted by Crippen LogP contribution is -2.31. The number of anilines is 1. The highest BCUT2D eigenvalue weighted by Crippen LogP contribution is 2.12. The van der Waals surface area contributed by atoms with Gasteiger partial charge in [-0.25, -0.2) is 4.79 Å². The molecule has 0 heterocycles. The van der Waals surface area contributed by atoms with Gasteiger partial charge in [-0.05, 0) is 36.8 Å². The Morgan fingerprint density at radius 3 is 2.33 bits per heavy atom. The highest BCUT2D eigenvalue weighted by atomic mass is 16.5. The van der Waals surface area contributed by atoms with Crippen LogP contribution in [0.5, 0.6) is 0 Å². The summed E-state index contributed by atoms with van der Waals surface area (Å²) in [6, 6.07) is 17.0. The minimum absolute atomic E-state index is 0.200. The Kier molecular flexibility index (Phi) is 7.08. The molecule has 0 saturated heterocycles. The van der Waals surface area contributed by atoms with Gasteiger partial charge in [0.25, 0.3) is 5.91 Å². The molecule has 138 valence electrons. The third-order valence-corrected chi connectivity index (χ3v) is 3.66. The van der Waals surface area contributed by atoms with Crippen molar-refractivity contribution >= 4 is 23.5 Å². The average Bonchev–Trinajstić information content (AvgIpc) is 2.67. The normalized spacial score (nSPS) is 11.0. The van der Waals surface area contributed by atoms with Crippen molar-refractivity contribution in [2.45, 2.75) is 19.4 Å². The van der Waals surface area contributed by atoms with E-state index < -0.39 is 24.4 Å². The van der Waals surface area contributed by atoms with E-state index in [0.29, 0.717) is 5.69 Å². The fourth-order valence-electron chi connectivity index (χ4n) is 2.29. The fourth-order valence-corrected chi connectivity index (χ4v) is 2.29. The molecule has 0 saturated carbocycles. The van der Waals surface area contributed by atoms with Crippen molar-refractivity contribution in [1.82, 2.24) is 5.32 Å². The highest BCUT2D eigenvalue weighted by Gasteiger charge is 2.13. The van der Waals surface area contributed by atoms with Gasteiger partial charge in [0.2, 0.25) is 5.91 Å². The molecule has 2 aromatic carbocycles. The fraction of sp³-hybridized carbons (Fsp3) is 0.200. The van der Waals surface area contributed by atoms with Crippen LogP contribution in [-0.2, 0) is 14.3 Å². The van der Waals surface area contributed by atoms with Crippen LogP contribution in [0.3, 0.4) is 0 Å². The molecule has 0 aliphatic rings. The van der Waals surface area contributed by atoms with E-state index >= 15 is 0 Å². The van der Waals surface area contributed by atoms with E-state index in [1.165, 1.54) is 24.3 Å². The molecule has 2 N–H and O–H groups in total. The molecule has 2 amide bonds. The molecule has 0 aliphatic carbocycles. The van der Waals surface area contributed by atoms with E-state index in [0.717, 1.165) is 5.56 Å². The molecule has 0 unspecified atom stereocenters. The standard InChI is InChI=1S/C20H19N3O4/c1-14(15-5-3-2-4-6-15)22-19(25)13-27-20(26)16-7-9-17(10-8-16)23-18(24)11-12-21/h2-10,14H,11,13H2,1H3,(H,22,25)(H,23,24)/t14-/m1/s1. The van der Waals surface area contributed by atoms with Crippen LogP contribution in [0.1, 0.15) is 35.3 Å². The second-order valence-corrected chi connectivity index (χ2v) is 5.74. The highest BCUT2D eigenvalue weighted by molar-refractivity contribution is 5.94. The van der Waals surface area contributed by atoms with Crippen LogP contribution in [0.4, 0.5) is 5.69 Å². The van der Waals surface area contributed by atoms with Crippen molar-refractivity contribution in [3.8, 4) is 6.07 Å². The van der Waals surface area contributed by atoms with Crippen LogP contribution in [-0.4, -0.2) is 24.4 Å². The zero-order valence-electron chi connectivity index (χ0n) is 14.8. The van der Waals surface area contributed by atoms with Crippen molar-refractivity contribution < 1.29 is 19.1 Å². The first-order chi connectivity index (χ1) is 13.0. The lowest BCUT2D eigenvalue weighted by Gasteiger charge is -2.14. The molecule has 27 heavy (non-hydrogen) atoms. The van der Waals surface area contributed by atoms with Crippen LogP contribution in [0.15, 0.2) is 54.6 Å². The molecule has 0 aromatic heterocycles. The number of hydrogen-bond acceptors (Lipinski definition) is 5. The Hall–Kier alpha value is -3.66. The Labute approximate surface area is 156 Å². The zero-order valence-corrected chi connectivity index (χ0v) is 14.8. The van der Waals surface area contributed by atoms with Gasteiger partial charge in [-0.2, -0.15) is 5.26 Å². The Balaban J connectivity index is 1.82. The van der Waals surface area contributed by atoms with Crippen molar-refractivity contribution in [3.63, 3.8) is 0 Å². The molecule has 2 aromatic rings. The maximum atomic E-state index is 12.0. The van der Waals surface area contributed by atoms with Gasteiger partial charge in [0.15, 0.2) is 6.61 Å². The molecule has 0 radical (unpaired) electrons. The maximum Gasteiger partial charge on any atom is 0.338 e. The van der Waals surface area contributed by atoms with Gasteiger partial charge in [-0.1, -0.05) is 30.3 Å². The molecule has 0 spiro atoms. The molecule has 0 bridgehead atoms. The number of amides is 2. The van der Waals surface area contributed by atoms with Gasteiger partial charge in [-0.3, -0.25) is 9.59 Å². The molecule has 0 fully saturated rings. The van der Waals surface area contributed by atoms with Crippen LogP contribution >= 0.6 is 0 Å². The first-order valence-electron chi connectivity index (χ1n) is 8.28. The summed E-state index contributed by atoms with van der Waals surface area (Å²) in [7, 11) is 0. The summed E-state index contributed by atoms with van der Waals surface area (Å²) in [6.07, 6.45) is -0.250. The minimum atomic E-state index is -0.646. The summed E-state index contributed by atoms with van der Waals surface area (Å²) in [6.45, 7) is 1.45.